The van der Waals surface area contributed by atoms with Gasteiger partial charge in [0, 0.05) is 25.2 Å². The van der Waals surface area contributed by atoms with Crippen molar-refractivity contribution in [2.45, 2.75) is 44.8 Å². The van der Waals surface area contributed by atoms with Crippen LogP contribution < -0.4 is 0 Å². The molecule has 0 saturated carbocycles. The minimum atomic E-state index is -0.915. The Kier molecular flexibility index (Phi) is 6.95. The van der Waals surface area contributed by atoms with Gasteiger partial charge in [0.15, 0.2) is 6.29 Å². The topological polar surface area (TPSA) is 55.8 Å². The lowest BCUT2D eigenvalue weighted by atomic mass is 10.1. The number of hydrogen-bond acceptors (Lipinski definition) is 3. The van der Waals surface area contributed by atoms with Crippen LogP contribution in [0.1, 0.15) is 54.4 Å². The molecule has 0 amide bonds. The van der Waals surface area contributed by atoms with E-state index in [0.717, 1.165) is 50.9 Å². The molecule has 1 heterocycles. The van der Waals surface area contributed by atoms with Crippen molar-refractivity contribution < 1.29 is 19.4 Å². The molecule has 0 radical (unpaired) electrons. The summed E-state index contributed by atoms with van der Waals surface area (Å²) in [6.45, 7) is 1.54. The predicted molar refractivity (Wildman–Crippen MR) is 83.7 cm³/mol. The van der Waals surface area contributed by atoms with Crippen molar-refractivity contribution in [1.29, 1.82) is 0 Å². The van der Waals surface area contributed by atoms with Crippen molar-refractivity contribution >= 4 is 5.97 Å². The van der Waals surface area contributed by atoms with E-state index in [-0.39, 0.29) is 11.9 Å². The van der Waals surface area contributed by atoms with Gasteiger partial charge in [-0.3, -0.25) is 0 Å². The average molecular weight is 302 g/mol. The highest BCUT2D eigenvalue weighted by molar-refractivity contribution is 5.87. The first-order valence-corrected chi connectivity index (χ1v) is 7.81. The van der Waals surface area contributed by atoms with Gasteiger partial charge in [-0.1, -0.05) is 11.8 Å². The van der Waals surface area contributed by atoms with Gasteiger partial charge in [0.05, 0.1) is 5.56 Å². The Morgan fingerprint density at radius 3 is 2.77 bits per heavy atom. The zero-order chi connectivity index (χ0) is 15.6. The van der Waals surface area contributed by atoms with Gasteiger partial charge in [-0.2, -0.15) is 0 Å². The number of aromatic carboxylic acids is 1. The van der Waals surface area contributed by atoms with E-state index >= 15 is 0 Å². The summed E-state index contributed by atoms with van der Waals surface area (Å²) in [5, 5.41) is 8.81. The molecule has 1 aromatic carbocycles. The molecule has 0 aromatic heterocycles. The molecule has 0 bridgehead atoms. The van der Waals surface area contributed by atoms with Crippen LogP contribution in [0.2, 0.25) is 0 Å². The average Bonchev–Trinajstić information content (AvgIpc) is 2.55. The quantitative estimate of drug-likeness (QED) is 0.646. The highest BCUT2D eigenvalue weighted by Crippen LogP contribution is 2.14. The van der Waals surface area contributed by atoms with Crippen molar-refractivity contribution in [3.63, 3.8) is 0 Å². The minimum Gasteiger partial charge on any atom is -0.478 e. The van der Waals surface area contributed by atoms with Crippen molar-refractivity contribution in [2.24, 2.45) is 0 Å². The van der Waals surface area contributed by atoms with E-state index in [1.54, 1.807) is 24.3 Å². The Morgan fingerprint density at radius 1 is 1.27 bits per heavy atom. The molecule has 1 atom stereocenters. The smallest absolute Gasteiger partial charge is 0.335 e. The number of hydrogen-bond donors (Lipinski definition) is 1. The Bertz CT molecular complexity index is 518. The molecule has 0 aliphatic carbocycles. The second-order valence-electron chi connectivity index (χ2n) is 5.31. The van der Waals surface area contributed by atoms with Crippen molar-refractivity contribution in [1.82, 2.24) is 0 Å². The van der Waals surface area contributed by atoms with E-state index in [9.17, 15) is 4.79 Å². The van der Waals surface area contributed by atoms with Gasteiger partial charge in [-0.15, -0.1) is 0 Å². The molecule has 1 fully saturated rings. The van der Waals surface area contributed by atoms with Crippen LogP contribution in [-0.4, -0.2) is 30.6 Å². The number of carboxylic acid groups (broad SMARTS) is 1. The standard InChI is InChI=1S/C18H22O4/c19-18(20)16-11-9-15(10-12-16)7-3-1-2-5-13-21-17-8-4-6-14-22-17/h9-12,17H,1-2,4-6,8,13-14H2,(H,19,20). The van der Waals surface area contributed by atoms with Crippen LogP contribution in [0.15, 0.2) is 24.3 Å². The molecular formula is C18H22O4. The first-order chi connectivity index (χ1) is 10.8. The summed E-state index contributed by atoms with van der Waals surface area (Å²) >= 11 is 0. The molecule has 0 spiro atoms. The number of carboxylic acids is 1. The molecule has 22 heavy (non-hydrogen) atoms. The molecule has 1 N–H and O–H groups in total. The minimum absolute atomic E-state index is 0.00687. The van der Waals surface area contributed by atoms with Crippen LogP contribution in [0.5, 0.6) is 0 Å². The lowest BCUT2D eigenvalue weighted by Crippen LogP contribution is -2.22. The zero-order valence-electron chi connectivity index (χ0n) is 12.7. The fraction of sp³-hybridized carbons (Fsp3) is 0.500. The van der Waals surface area contributed by atoms with Crippen LogP contribution in [-0.2, 0) is 9.47 Å². The Labute approximate surface area is 131 Å². The summed E-state index contributed by atoms with van der Waals surface area (Å²) in [7, 11) is 0. The largest absolute Gasteiger partial charge is 0.478 e. The molecule has 2 rings (SSSR count). The zero-order valence-corrected chi connectivity index (χ0v) is 12.7. The first kappa shape index (κ1) is 16.5. The molecular weight excluding hydrogens is 280 g/mol. The number of benzene rings is 1. The second kappa shape index (κ2) is 9.24. The molecule has 4 heteroatoms. The summed E-state index contributed by atoms with van der Waals surface area (Å²) in [4.78, 5) is 10.7. The number of rotatable bonds is 6. The van der Waals surface area contributed by atoms with Crippen LogP contribution in [0, 0.1) is 11.8 Å². The van der Waals surface area contributed by atoms with Gasteiger partial charge in [0.1, 0.15) is 0 Å². The van der Waals surface area contributed by atoms with Crippen molar-refractivity contribution in [3.05, 3.63) is 35.4 Å². The van der Waals surface area contributed by atoms with Gasteiger partial charge in [0.25, 0.3) is 0 Å². The maximum absolute atomic E-state index is 10.7. The lowest BCUT2D eigenvalue weighted by molar-refractivity contribution is -0.162. The molecule has 1 saturated heterocycles. The van der Waals surface area contributed by atoms with Gasteiger partial charge >= 0.3 is 5.97 Å². The van der Waals surface area contributed by atoms with E-state index in [0.29, 0.717) is 0 Å². The third-order valence-electron chi connectivity index (χ3n) is 3.50. The Morgan fingerprint density at radius 2 is 2.09 bits per heavy atom. The fourth-order valence-electron chi connectivity index (χ4n) is 2.23. The predicted octanol–water partition coefficient (Wildman–Crippen LogP) is 3.45. The Hall–Kier alpha value is -1.83. The highest BCUT2D eigenvalue weighted by Gasteiger charge is 2.13. The Balaban J connectivity index is 1.59. The van der Waals surface area contributed by atoms with Crippen molar-refractivity contribution in [2.75, 3.05) is 13.2 Å². The highest BCUT2D eigenvalue weighted by atomic mass is 16.7. The molecule has 1 aliphatic rings. The normalized spacial score (nSPS) is 17.5. The molecule has 1 aliphatic heterocycles. The molecule has 1 unspecified atom stereocenters. The van der Waals surface area contributed by atoms with Crippen LogP contribution >= 0.6 is 0 Å². The van der Waals surface area contributed by atoms with E-state index in [4.69, 9.17) is 14.6 Å². The summed E-state index contributed by atoms with van der Waals surface area (Å²) in [6.07, 6.45) is 6.12. The van der Waals surface area contributed by atoms with Crippen LogP contribution in [0.3, 0.4) is 0 Å². The summed E-state index contributed by atoms with van der Waals surface area (Å²) < 4.78 is 11.2. The molecule has 118 valence electrons. The monoisotopic (exact) mass is 302 g/mol. The maximum atomic E-state index is 10.7. The van der Waals surface area contributed by atoms with E-state index < -0.39 is 5.97 Å². The molecule has 4 nitrogen and oxygen atoms in total. The third-order valence-corrected chi connectivity index (χ3v) is 3.50. The maximum Gasteiger partial charge on any atom is 0.335 e. The van der Waals surface area contributed by atoms with E-state index in [2.05, 4.69) is 11.8 Å². The van der Waals surface area contributed by atoms with Gasteiger partial charge < -0.3 is 14.6 Å². The van der Waals surface area contributed by atoms with Crippen molar-refractivity contribution in [3.8, 4) is 11.8 Å². The molecule has 1 aromatic rings. The van der Waals surface area contributed by atoms with E-state index in [1.807, 2.05) is 0 Å². The number of unbranched alkanes of at least 4 members (excludes halogenated alkanes) is 2. The van der Waals surface area contributed by atoms with Gasteiger partial charge in [-0.25, -0.2) is 4.79 Å². The fourth-order valence-corrected chi connectivity index (χ4v) is 2.23. The van der Waals surface area contributed by atoms with Gasteiger partial charge in [-0.05, 0) is 56.4 Å². The number of ether oxygens (including phenoxy) is 2. The number of carbonyl (C=O) groups is 1. The first-order valence-electron chi connectivity index (χ1n) is 7.81. The second-order valence-corrected chi connectivity index (χ2v) is 5.31. The summed E-state index contributed by atoms with van der Waals surface area (Å²) in [6, 6.07) is 6.62. The van der Waals surface area contributed by atoms with E-state index in [1.165, 1.54) is 6.42 Å². The van der Waals surface area contributed by atoms with Gasteiger partial charge in [0.2, 0.25) is 0 Å². The van der Waals surface area contributed by atoms with Crippen LogP contribution in [0.4, 0.5) is 0 Å². The SMILES string of the molecule is O=C(O)c1ccc(C#CCCCCOC2CCCCO2)cc1. The third kappa shape index (κ3) is 5.88. The summed E-state index contributed by atoms with van der Waals surface area (Å²) in [5.41, 5.74) is 1.13. The lowest BCUT2D eigenvalue weighted by Gasteiger charge is -2.22. The van der Waals surface area contributed by atoms with Crippen LogP contribution in [0.25, 0.3) is 0 Å². The summed E-state index contributed by atoms with van der Waals surface area (Å²) in [5.74, 6) is 5.23.